The van der Waals surface area contributed by atoms with Crippen molar-refractivity contribution in [2.45, 2.75) is 33.3 Å². The second kappa shape index (κ2) is 5.27. The van der Waals surface area contributed by atoms with Crippen LogP contribution in [0.1, 0.15) is 26.3 Å². The number of para-hydroxylation sites is 1. The van der Waals surface area contributed by atoms with E-state index in [1.165, 1.54) is 0 Å². The minimum Gasteiger partial charge on any atom is -0.443 e. The summed E-state index contributed by atoms with van der Waals surface area (Å²) in [5.41, 5.74) is 3.55. The number of carbonyl (C=O) groups excluding carboxylic acids is 1. The summed E-state index contributed by atoms with van der Waals surface area (Å²) in [6, 6.07) is 7.45. The second-order valence-corrected chi connectivity index (χ2v) is 5.02. The molecule has 4 nitrogen and oxygen atoms in total. The van der Waals surface area contributed by atoms with Gasteiger partial charge in [-0.25, -0.2) is 10.2 Å². The van der Waals surface area contributed by atoms with E-state index >= 15 is 0 Å². The lowest BCUT2D eigenvalue weighted by atomic mass is 10.2. The fourth-order valence-electron chi connectivity index (χ4n) is 1.22. The van der Waals surface area contributed by atoms with Gasteiger partial charge in [0.1, 0.15) is 5.60 Å². The van der Waals surface area contributed by atoms with Crippen molar-refractivity contribution in [2.75, 3.05) is 4.53 Å². The molecule has 5 heteroatoms. The Bertz CT molecular complexity index is 402. The fraction of sp³-hybridized carbons (Fsp3) is 0.417. The molecule has 0 aliphatic rings. The monoisotopic (exact) mass is 256 g/mol. The van der Waals surface area contributed by atoms with Crippen LogP contribution in [0.4, 0.5) is 10.5 Å². The summed E-state index contributed by atoms with van der Waals surface area (Å²) in [6.07, 6.45) is -0.587. The van der Waals surface area contributed by atoms with Gasteiger partial charge in [0.25, 0.3) is 0 Å². The molecular weight excluding hydrogens is 240 g/mol. The van der Waals surface area contributed by atoms with Gasteiger partial charge in [-0.3, -0.25) is 0 Å². The molecule has 0 heterocycles. The lowest BCUT2D eigenvalue weighted by Gasteiger charge is -2.23. The van der Waals surface area contributed by atoms with Gasteiger partial charge in [-0.1, -0.05) is 18.2 Å². The number of carbonyl (C=O) groups is 1. The predicted molar refractivity (Wildman–Crippen MR) is 68.9 cm³/mol. The molecule has 1 aromatic carbocycles. The lowest BCUT2D eigenvalue weighted by Crippen LogP contribution is -2.40. The van der Waals surface area contributed by atoms with Gasteiger partial charge in [-0.05, 0) is 39.3 Å². The van der Waals surface area contributed by atoms with Crippen LogP contribution in [0.15, 0.2) is 24.3 Å². The molecule has 1 aromatic rings. The van der Waals surface area contributed by atoms with Crippen molar-refractivity contribution in [3.63, 3.8) is 0 Å². The Hall–Kier alpha value is -1.42. The first-order chi connectivity index (χ1) is 7.79. The molecule has 1 amide bonds. The van der Waals surface area contributed by atoms with Crippen LogP contribution in [0.25, 0.3) is 0 Å². The molecule has 0 radical (unpaired) electrons. The molecule has 0 spiro atoms. The predicted octanol–water partition coefficient (Wildman–Crippen LogP) is 3.39. The maximum absolute atomic E-state index is 11.5. The molecule has 1 rings (SSSR count). The van der Waals surface area contributed by atoms with Gasteiger partial charge in [0.15, 0.2) is 0 Å². The first kappa shape index (κ1) is 13.6. The third-order valence-corrected chi connectivity index (χ3v) is 2.18. The number of amides is 1. The number of anilines is 1. The maximum Gasteiger partial charge on any atom is 0.427 e. The van der Waals surface area contributed by atoms with Gasteiger partial charge in [0, 0.05) is 11.8 Å². The highest BCUT2D eigenvalue weighted by Gasteiger charge is 2.18. The lowest BCUT2D eigenvalue weighted by molar-refractivity contribution is 0.0531. The number of aryl methyl sites for hydroxylation is 1. The highest BCUT2D eigenvalue weighted by atomic mass is 35.5. The highest BCUT2D eigenvalue weighted by molar-refractivity contribution is 6.26. The molecule has 0 aromatic heterocycles. The quantitative estimate of drug-likeness (QED) is 0.651. The number of nitrogens with zero attached hydrogens (tertiary/aromatic N) is 1. The van der Waals surface area contributed by atoms with Crippen molar-refractivity contribution >= 4 is 23.6 Å². The Morgan fingerprint density at radius 1 is 1.35 bits per heavy atom. The third kappa shape index (κ3) is 4.53. The summed E-state index contributed by atoms with van der Waals surface area (Å²) in [6.45, 7) is 7.28. The number of rotatable bonds is 2. The van der Waals surface area contributed by atoms with E-state index in [1.807, 2.05) is 25.1 Å². The van der Waals surface area contributed by atoms with Gasteiger partial charge in [-0.2, -0.15) is 4.53 Å². The Labute approximate surface area is 107 Å². The molecule has 0 saturated heterocycles. The molecule has 0 saturated carbocycles. The maximum atomic E-state index is 11.5. The number of nitrogens with one attached hydrogen (secondary N) is 1. The van der Waals surface area contributed by atoms with E-state index in [2.05, 4.69) is 5.43 Å². The van der Waals surface area contributed by atoms with E-state index in [4.69, 9.17) is 16.5 Å². The Balaban J connectivity index is 2.64. The number of hydrogen-bond donors (Lipinski definition) is 1. The number of ether oxygens (including phenoxy) is 1. The molecule has 0 fully saturated rings. The highest BCUT2D eigenvalue weighted by Crippen LogP contribution is 2.19. The molecule has 1 N–H and O–H groups in total. The Morgan fingerprint density at radius 2 is 1.94 bits per heavy atom. The molecule has 0 bridgehead atoms. The summed E-state index contributed by atoms with van der Waals surface area (Å²) in [7, 11) is 0. The van der Waals surface area contributed by atoms with E-state index in [-0.39, 0.29) is 0 Å². The van der Waals surface area contributed by atoms with E-state index in [0.29, 0.717) is 5.69 Å². The Kier molecular flexibility index (Phi) is 4.23. The topological polar surface area (TPSA) is 41.6 Å². The smallest absolute Gasteiger partial charge is 0.427 e. The van der Waals surface area contributed by atoms with Crippen LogP contribution < -0.4 is 9.95 Å². The molecule has 0 atom stereocenters. The van der Waals surface area contributed by atoms with E-state index < -0.39 is 11.7 Å². The van der Waals surface area contributed by atoms with Crippen molar-refractivity contribution in [1.29, 1.82) is 0 Å². The van der Waals surface area contributed by atoms with Crippen molar-refractivity contribution < 1.29 is 9.53 Å². The molecule has 17 heavy (non-hydrogen) atoms. The van der Waals surface area contributed by atoms with E-state index in [1.54, 1.807) is 26.8 Å². The molecule has 0 unspecified atom stereocenters. The zero-order chi connectivity index (χ0) is 13.1. The van der Waals surface area contributed by atoms with Crippen LogP contribution in [0, 0.1) is 6.92 Å². The largest absolute Gasteiger partial charge is 0.443 e. The summed E-state index contributed by atoms with van der Waals surface area (Å²) < 4.78 is 6.22. The van der Waals surface area contributed by atoms with Gasteiger partial charge >= 0.3 is 6.09 Å². The molecule has 94 valence electrons. The van der Waals surface area contributed by atoms with Crippen LogP contribution in [0.5, 0.6) is 0 Å². The van der Waals surface area contributed by atoms with Gasteiger partial charge in [0.05, 0.1) is 5.69 Å². The molecule has 0 aliphatic heterocycles. The first-order valence-electron chi connectivity index (χ1n) is 5.31. The van der Waals surface area contributed by atoms with Crippen LogP contribution >= 0.6 is 11.8 Å². The average molecular weight is 257 g/mol. The van der Waals surface area contributed by atoms with Gasteiger partial charge < -0.3 is 4.74 Å². The molecule has 0 aliphatic carbocycles. The zero-order valence-corrected chi connectivity index (χ0v) is 11.2. The fourth-order valence-corrected chi connectivity index (χ4v) is 1.48. The van der Waals surface area contributed by atoms with E-state index in [9.17, 15) is 4.79 Å². The number of halogens is 1. The Morgan fingerprint density at radius 3 is 2.47 bits per heavy atom. The van der Waals surface area contributed by atoms with Crippen LogP contribution in [0.3, 0.4) is 0 Å². The summed E-state index contributed by atoms with van der Waals surface area (Å²) in [5, 5.41) is 0. The van der Waals surface area contributed by atoms with Crippen molar-refractivity contribution in [3.05, 3.63) is 29.8 Å². The van der Waals surface area contributed by atoms with Gasteiger partial charge in [-0.15, -0.1) is 0 Å². The van der Waals surface area contributed by atoms with Crippen molar-refractivity contribution in [3.8, 4) is 0 Å². The second-order valence-electron chi connectivity index (χ2n) is 4.68. The minimum atomic E-state index is -0.587. The van der Waals surface area contributed by atoms with Crippen LogP contribution in [-0.4, -0.2) is 11.7 Å². The van der Waals surface area contributed by atoms with Crippen molar-refractivity contribution in [1.82, 2.24) is 5.43 Å². The number of hydrazine groups is 1. The third-order valence-electron chi connectivity index (χ3n) is 1.92. The standard InChI is InChI=1S/C12H17ClN2O2/c1-9-7-5-6-8-10(9)15(13)14-11(16)17-12(2,3)4/h5-8H,1-4H3,(H,14,16). The van der Waals surface area contributed by atoms with E-state index in [0.717, 1.165) is 10.1 Å². The summed E-state index contributed by atoms with van der Waals surface area (Å²) in [5.74, 6) is 0. The van der Waals surface area contributed by atoms with Crippen LogP contribution in [-0.2, 0) is 4.74 Å². The minimum absolute atomic E-state index is 0.548. The summed E-state index contributed by atoms with van der Waals surface area (Å²) >= 11 is 5.96. The van der Waals surface area contributed by atoms with Gasteiger partial charge in [0.2, 0.25) is 0 Å². The zero-order valence-electron chi connectivity index (χ0n) is 10.5. The number of hydrogen-bond acceptors (Lipinski definition) is 3. The number of benzene rings is 1. The first-order valence-corrected chi connectivity index (χ1v) is 5.64. The SMILES string of the molecule is Cc1ccccc1N(Cl)NC(=O)OC(C)(C)C. The normalized spacial score (nSPS) is 10.9. The van der Waals surface area contributed by atoms with Crippen LogP contribution in [0.2, 0.25) is 0 Å². The summed E-state index contributed by atoms with van der Waals surface area (Å²) in [4.78, 5) is 11.5. The average Bonchev–Trinajstić information content (AvgIpc) is 2.14. The van der Waals surface area contributed by atoms with Crippen molar-refractivity contribution in [2.24, 2.45) is 0 Å². The molecular formula is C12H17ClN2O2.